The average molecular weight is 282 g/mol. The molecule has 106 valence electrons. The van der Waals surface area contributed by atoms with Crippen LogP contribution in [-0.4, -0.2) is 17.6 Å². The van der Waals surface area contributed by atoms with Crippen molar-refractivity contribution in [2.45, 2.75) is 31.0 Å². The van der Waals surface area contributed by atoms with Gasteiger partial charge in [0.05, 0.1) is 6.07 Å². The lowest BCUT2D eigenvalue weighted by Crippen LogP contribution is -2.49. The molecule has 1 amide bonds. The number of nitrogens with zero attached hydrogens (tertiary/aromatic N) is 1. The summed E-state index contributed by atoms with van der Waals surface area (Å²) in [7, 11) is 0. The molecule has 0 heterocycles. The average Bonchev–Trinajstić information content (AvgIpc) is 3.17. The number of benzene rings is 1. The van der Waals surface area contributed by atoms with Crippen molar-refractivity contribution in [3.8, 4) is 6.07 Å². The highest BCUT2D eigenvalue weighted by atomic mass is 19.4. The van der Waals surface area contributed by atoms with E-state index in [1.807, 2.05) is 5.32 Å². The molecule has 1 unspecified atom stereocenters. The van der Waals surface area contributed by atoms with Gasteiger partial charge in [0.15, 0.2) is 0 Å². The second-order valence-electron chi connectivity index (χ2n) is 4.94. The van der Waals surface area contributed by atoms with Gasteiger partial charge >= 0.3 is 6.18 Å². The molecule has 0 radical (unpaired) electrons. The van der Waals surface area contributed by atoms with Gasteiger partial charge in [-0.1, -0.05) is 30.3 Å². The number of hydrogen-bond acceptors (Lipinski definition) is 2. The fourth-order valence-corrected chi connectivity index (χ4v) is 1.97. The lowest BCUT2D eigenvalue weighted by molar-refractivity contribution is -0.171. The Morgan fingerprint density at radius 2 is 1.95 bits per heavy atom. The third-order valence-corrected chi connectivity index (χ3v) is 3.41. The van der Waals surface area contributed by atoms with Gasteiger partial charge in [0.25, 0.3) is 0 Å². The highest BCUT2D eigenvalue weighted by Gasteiger charge is 2.64. The van der Waals surface area contributed by atoms with Crippen molar-refractivity contribution < 1.29 is 18.0 Å². The molecule has 0 spiro atoms. The Hall–Kier alpha value is -2.03. The van der Waals surface area contributed by atoms with Crippen LogP contribution >= 0.6 is 0 Å². The molecular weight excluding hydrogens is 269 g/mol. The van der Waals surface area contributed by atoms with Crippen molar-refractivity contribution >= 4 is 5.91 Å². The molecule has 1 N–H and O–H groups in total. The van der Waals surface area contributed by atoms with E-state index in [2.05, 4.69) is 0 Å². The molecule has 1 fully saturated rings. The Labute approximate surface area is 114 Å². The zero-order valence-corrected chi connectivity index (χ0v) is 10.6. The van der Waals surface area contributed by atoms with E-state index in [-0.39, 0.29) is 19.3 Å². The van der Waals surface area contributed by atoms with Crippen molar-refractivity contribution in [3.63, 3.8) is 0 Å². The first kappa shape index (κ1) is 14.4. The first-order valence-corrected chi connectivity index (χ1v) is 6.20. The number of nitriles is 1. The first-order valence-electron chi connectivity index (χ1n) is 6.20. The van der Waals surface area contributed by atoms with Crippen LogP contribution in [0.1, 0.15) is 18.4 Å². The monoisotopic (exact) mass is 282 g/mol. The molecule has 2 rings (SSSR count). The van der Waals surface area contributed by atoms with Crippen LogP contribution in [0.25, 0.3) is 0 Å². The van der Waals surface area contributed by atoms with Crippen LogP contribution < -0.4 is 5.32 Å². The van der Waals surface area contributed by atoms with Crippen LogP contribution in [0.15, 0.2) is 30.3 Å². The summed E-state index contributed by atoms with van der Waals surface area (Å²) < 4.78 is 38.3. The largest absolute Gasteiger partial charge is 0.411 e. The van der Waals surface area contributed by atoms with Gasteiger partial charge in [0, 0.05) is 0 Å². The Bertz CT molecular complexity index is 530. The summed E-state index contributed by atoms with van der Waals surface area (Å²) in [6, 6.07) is 10.5. The van der Waals surface area contributed by atoms with Crippen molar-refractivity contribution in [2.75, 3.05) is 0 Å². The van der Waals surface area contributed by atoms with E-state index in [0.717, 1.165) is 5.56 Å². The molecule has 3 nitrogen and oxygen atoms in total. The predicted octanol–water partition coefficient (Wildman–Crippen LogP) is 2.58. The molecule has 6 heteroatoms. The maximum atomic E-state index is 12.8. The maximum Gasteiger partial charge on any atom is 0.411 e. The number of hydrogen-bond donors (Lipinski definition) is 1. The standard InChI is InChI=1S/C14H13F3N2O/c15-14(16,17)13(6-7-13)19-12(20)11(9-18)8-10-4-2-1-3-5-10/h1-5,11H,6-8H2,(H,19,20). The van der Waals surface area contributed by atoms with E-state index in [1.165, 1.54) is 0 Å². The van der Waals surface area contributed by atoms with Gasteiger partial charge in [0.2, 0.25) is 5.91 Å². The maximum absolute atomic E-state index is 12.8. The fourth-order valence-electron chi connectivity index (χ4n) is 1.97. The van der Waals surface area contributed by atoms with E-state index >= 15 is 0 Å². The van der Waals surface area contributed by atoms with Crippen molar-refractivity contribution in [1.82, 2.24) is 5.32 Å². The van der Waals surface area contributed by atoms with Crippen LogP contribution in [-0.2, 0) is 11.2 Å². The van der Waals surface area contributed by atoms with Gasteiger partial charge in [0.1, 0.15) is 11.5 Å². The summed E-state index contributed by atoms with van der Waals surface area (Å²) in [6.45, 7) is 0. The summed E-state index contributed by atoms with van der Waals surface area (Å²) in [4.78, 5) is 11.8. The number of halogens is 3. The second-order valence-corrected chi connectivity index (χ2v) is 4.94. The minimum absolute atomic E-state index is 0.108. The fraction of sp³-hybridized carbons (Fsp3) is 0.429. The lowest BCUT2D eigenvalue weighted by Gasteiger charge is -2.22. The summed E-state index contributed by atoms with van der Waals surface area (Å²) in [5, 5.41) is 11.0. The zero-order chi connectivity index (χ0) is 14.8. The molecule has 1 saturated carbocycles. The highest BCUT2D eigenvalue weighted by Crippen LogP contribution is 2.49. The van der Waals surface area contributed by atoms with Crippen LogP contribution in [0, 0.1) is 17.2 Å². The zero-order valence-electron chi connectivity index (χ0n) is 10.6. The molecule has 1 atom stereocenters. The summed E-state index contributed by atoms with van der Waals surface area (Å²) in [5.41, 5.74) is -1.37. The SMILES string of the molecule is N#CC(Cc1ccccc1)C(=O)NC1(C(F)(F)F)CC1. The number of carbonyl (C=O) groups excluding carboxylic acids is 1. The predicted molar refractivity (Wildman–Crippen MR) is 65.4 cm³/mol. The molecule has 20 heavy (non-hydrogen) atoms. The number of nitrogens with one attached hydrogen (secondary N) is 1. The number of rotatable bonds is 4. The van der Waals surface area contributed by atoms with Gasteiger partial charge in [-0.05, 0) is 24.8 Å². The third kappa shape index (κ3) is 2.93. The smallest absolute Gasteiger partial charge is 0.341 e. The highest BCUT2D eigenvalue weighted by molar-refractivity contribution is 5.82. The quantitative estimate of drug-likeness (QED) is 0.922. The van der Waals surface area contributed by atoms with Gasteiger partial charge in [-0.15, -0.1) is 0 Å². The number of carbonyl (C=O) groups is 1. The number of alkyl halides is 3. The molecule has 0 aliphatic heterocycles. The Balaban J connectivity index is 2.03. The molecule has 0 saturated heterocycles. The number of amides is 1. The van der Waals surface area contributed by atoms with Gasteiger partial charge < -0.3 is 5.32 Å². The molecule has 0 bridgehead atoms. The Morgan fingerprint density at radius 1 is 1.35 bits per heavy atom. The normalized spacial score (nSPS) is 17.9. The minimum atomic E-state index is -4.46. The minimum Gasteiger partial charge on any atom is -0.341 e. The van der Waals surface area contributed by atoms with Crippen molar-refractivity contribution in [1.29, 1.82) is 5.26 Å². The van der Waals surface area contributed by atoms with Gasteiger partial charge in [-0.25, -0.2) is 0 Å². The Kier molecular flexibility index (Phi) is 3.71. The topological polar surface area (TPSA) is 52.9 Å². The van der Waals surface area contributed by atoms with Gasteiger partial charge in [-0.2, -0.15) is 18.4 Å². The van der Waals surface area contributed by atoms with Crippen LogP contribution in [0.5, 0.6) is 0 Å². The lowest BCUT2D eigenvalue weighted by atomic mass is 9.99. The first-order chi connectivity index (χ1) is 9.38. The van der Waals surface area contributed by atoms with Crippen molar-refractivity contribution in [3.05, 3.63) is 35.9 Å². The van der Waals surface area contributed by atoms with E-state index in [9.17, 15) is 18.0 Å². The molecular formula is C14H13F3N2O. The second kappa shape index (κ2) is 5.16. The van der Waals surface area contributed by atoms with Crippen molar-refractivity contribution in [2.24, 2.45) is 5.92 Å². The molecule has 1 aromatic rings. The van der Waals surface area contributed by atoms with E-state index in [4.69, 9.17) is 5.26 Å². The van der Waals surface area contributed by atoms with Crippen LogP contribution in [0.3, 0.4) is 0 Å². The van der Waals surface area contributed by atoms with Crippen LogP contribution in [0.4, 0.5) is 13.2 Å². The van der Waals surface area contributed by atoms with E-state index < -0.39 is 23.5 Å². The van der Waals surface area contributed by atoms with E-state index in [1.54, 1.807) is 36.4 Å². The molecule has 0 aromatic heterocycles. The summed E-state index contributed by atoms with van der Waals surface area (Å²) in [5.74, 6) is -1.97. The third-order valence-electron chi connectivity index (χ3n) is 3.41. The molecule has 1 aliphatic rings. The summed E-state index contributed by atoms with van der Waals surface area (Å²) in [6.07, 6.45) is -4.59. The molecule has 1 aliphatic carbocycles. The molecule has 1 aromatic carbocycles. The summed E-state index contributed by atoms with van der Waals surface area (Å²) >= 11 is 0. The Morgan fingerprint density at radius 3 is 2.40 bits per heavy atom. The van der Waals surface area contributed by atoms with Crippen LogP contribution in [0.2, 0.25) is 0 Å². The van der Waals surface area contributed by atoms with Gasteiger partial charge in [-0.3, -0.25) is 4.79 Å². The van der Waals surface area contributed by atoms with E-state index in [0.29, 0.717) is 0 Å².